The van der Waals surface area contributed by atoms with Gasteiger partial charge in [0.25, 0.3) is 0 Å². The van der Waals surface area contributed by atoms with Gasteiger partial charge >= 0.3 is 0 Å². The molecule has 0 bridgehead atoms. The third kappa shape index (κ3) is 3.88. The van der Waals surface area contributed by atoms with Gasteiger partial charge in [0.05, 0.1) is 16.4 Å². The molecule has 0 aromatic heterocycles. The molecule has 0 unspecified atom stereocenters. The van der Waals surface area contributed by atoms with Crippen LogP contribution in [-0.2, 0) is 0 Å². The van der Waals surface area contributed by atoms with Crippen LogP contribution in [0.3, 0.4) is 0 Å². The fraction of sp³-hybridized carbons (Fsp3) is 0. The number of hydrogen-bond donors (Lipinski definition) is 2. The Morgan fingerprint density at radius 1 is 1.05 bits per heavy atom. The van der Waals surface area contributed by atoms with Gasteiger partial charge in [-0.1, -0.05) is 27.5 Å². The number of benzene rings is 2. The largest absolute Gasteiger partial charge is 0.331 e. The lowest BCUT2D eigenvalue weighted by atomic mass is 10.3. The van der Waals surface area contributed by atoms with Gasteiger partial charge in [-0.15, -0.1) is 0 Å². The summed E-state index contributed by atoms with van der Waals surface area (Å²) in [5.41, 5.74) is 0.659. The molecule has 2 nitrogen and oxygen atoms in total. The van der Waals surface area contributed by atoms with Crippen molar-refractivity contribution in [1.82, 2.24) is 0 Å². The summed E-state index contributed by atoms with van der Waals surface area (Å²) in [6, 6.07) is 8.39. The fourth-order valence-electron chi connectivity index (χ4n) is 1.46. The number of thiocarbonyl (C=S) groups is 1. The molecule has 0 spiro atoms. The summed E-state index contributed by atoms with van der Waals surface area (Å²) in [6.07, 6.45) is 0. The predicted molar refractivity (Wildman–Crippen MR) is 85.4 cm³/mol. The van der Waals surface area contributed by atoms with Crippen molar-refractivity contribution in [3.8, 4) is 0 Å². The zero-order chi connectivity index (χ0) is 14.7. The van der Waals surface area contributed by atoms with Gasteiger partial charge in [-0.05, 0) is 42.5 Å². The van der Waals surface area contributed by atoms with Gasteiger partial charge < -0.3 is 10.6 Å². The van der Waals surface area contributed by atoms with E-state index in [1.807, 2.05) is 0 Å². The van der Waals surface area contributed by atoms with E-state index in [1.165, 1.54) is 6.07 Å². The normalized spacial score (nSPS) is 10.2. The summed E-state index contributed by atoms with van der Waals surface area (Å²) < 4.78 is 27.1. The molecule has 0 radical (unpaired) electrons. The summed E-state index contributed by atoms with van der Waals surface area (Å²) in [6.45, 7) is 0. The molecule has 0 atom stereocenters. The Labute approximate surface area is 133 Å². The van der Waals surface area contributed by atoms with Gasteiger partial charge in [-0.2, -0.15) is 0 Å². The maximum absolute atomic E-state index is 13.5. The molecule has 0 fully saturated rings. The summed E-state index contributed by atoms with van der Waals surface area (Å²) in [5.74, 6) is -1.38. The smallest absolute Gasteiger partial charge is 0.175 e. The van der Waals surface area contributed by atoms with Crippen molar-refractivity contribution >= 4 is 56.2 Å². The van der Waals surface area contributed by atoms with Gasteiger partial charge in [0, 0.05) is 10.5 Å². The number of nitrogens with one attached hydrogen (secondary N) is 2. The molecule has 0 aliphatic rings. The van der Waals surface area contributed by atoms with Crippen molar-refractivity contribution in [2.24, 2.45) is 0 Å². The Kier molecular flexibility index (Phi) is 4.91. The first-order valence-electron chi connectivity index (χ1n) is 5.44. The van der Waals surface area contributed by atoms with E-state index < -0.39 is 11.6 Å². The van der Waals surface area contributed by atoms with Gasteiger partial charge in [-0.25, -0.2) is 8.78 Å². The maximum atomic E-state index is 13.5. The summed E-state index contributed by atoms with van der Waals surface area (Å²) in [7, 11) is 0. The minimum Gasteiger partial charge on any atom is -0.331 e. The topological polar surface area (TPSA) is 24.1 Å². The molecule has 20 heavy (non-hydrogen) atoms. The Hall–Kier alpha value is -1.24. The molecule has 0 saturated heterocycles. The minimum absolute atomic E-state index is 0.0807. The summed E-state index contributed by atoms with van der Waals surface area (Å²) in [4.78, 5) is 0. The SMILES string of the molecule is Fc1ccc(NC(=S)Nc2ccc(Br)cc2Cl)c(F)c1. The van der Waals surface area contributed by atoms with Crippen LogP contribution in [0, 0.1) is 11.6 Å². The number of anilines is 2. The van der Waals surface area contributed by atoms with E-state index in [0.29, 0.717) is 10.7 Å². The van der Waals surface area contributed by atoms with Crippen molar-refractivity contribution in [2.75, 3.05) is 10.6 Å². The van der Waals surface area contributed by atoms with E-state index in [2.05, 4.69) is 26.6 Å². The molecule has 2 rings (SSSR count). The highest BCUT2D eigenvalue weighted by molar-refractivity contribution is 9.10. The zero-order valence-corrected chi connectivity index (χ0v) is 13.0. The highest BCUT2D eigenvalue weighted by Gasteiger charge is 2.07. The van der Waals surface area contributed by atoms with E-state index >= 15 is 0 Å². The third-order valence-corrected chi connectivity index (χ3v) is 3.37. The van der Waals surface area contributed by atoms with Crippen LogP contribution in [0.5, 0.6) is 0 Å². The van der Waals surface area contributed by atoms with E-state index in [1.54, 1.807) is 18.2 Å². The van der Waals surface area contributed by atoms with E-state index in [-0.39, 0.29) is 10.8 Å². The lowest BCUT2D eigenvalue weighted by molar-refractivity contribution is 0.586. The monoisotopic (exact) mass is 376 g/mol. The molecule has 0 heterocycles. The predicted octanol–water partition coefficient (Wildman–Crippen LogP) is 5.19. The van der Waals surface area contributed by atoms with Gasteiger partial charge in [0.15, 0.2) is 5.11 Å². The molecule has 2 aromatic carbocycles. The molecule has 104 valence electrons. The van der Waals surface area contributed by atoms with Crippen LogP contribution < -0.4 is 10.6 Å². The molecule has 2 N–H and O–H groups in total. The van der Waals surface area contributed by atoms with E-state index in [0.717, 1.165) is 16.6 Å². The molecular formula is C13H8BrClF2N2S. The molecule has 0 aliphatic heterocycles. The lowest BCUT2D eigenvalue weighted by Crippen LogP contribution is -2.20. The molecule has 7 heteroatoms. The van der Waals surface area contributed by atoms with Crippen LogP contribution in [0.25, 0.3) is 0 Å². The maximum Gasteiger partial charge on any atom is 0.175 e. The highest BCUT2D eigenvalue weighted by atomic mass is 79.9. The Morgan fingerprint density at radius 3 is 2.35 bits per heavy atom. The Bertz CT molecular complexity index is 611. The van der Waals surface area contributed by atoms with E-state index in [9.17, 15) is 8.78 Å². The first-order valence-corrected chi connectivity index (χ1v) is 7.02. The van der Waals surface area contributed by atoms with Crippen LogP contribution >= 0.6 is 39.7 Å². The molecule has 2 aromatic rings. The van der Waals surface area contributed by atoms with Gasteiger partial charge in [0.1, 0.15) is 11.6 Å². The zero-order valence-electron chi connectivity index (χ0n) is 9.88. The molecular weight excluding hydrogens is 370 g/mol. The van der Waals surface area contributed by atoms with Crippen LogP contribution in [0.4, 0.5) is 20.2 Å². The number of rotatable bonds is 2. The number of hydrogen-bond acceptors (Lipinski definition) is 1. The van der Waals surface area contributed by atoms with Crippen LogP contribution in [0.15, 0.2) is 40.9 Å². The fourth-order valence-corrected chi connectivity index (χ4v) is 2.40. The summed E-state index contributed by atoms with van der Waals surface area (Å²) >= 11 is 14.4. The quantitative estimate of drug-likeness (QED) is 0.704. The van der Waals surface area contributed by atoms with Gasteiger partial charge in [0.2, 0.25) is 0 Å². The first-order chi connectivity index (χ1) is 9.45. The third-order valence-electron chi connectivity index (χ3n) is 2.36. The minimum atomic E-state index is -0.726. The van der Waals surface area contributed by atoms with Crippen molar-refractivity contribution in [2.45, 2.75) is 0 Å². The number of halogens is 4. The second-order valence-electron chi connectivity index (χ2n) is 3.83. The standard InChI is InChI=1S/C13H8BrClF2N2S/c14-7-1-3-11(9(15)5-7)18-13(20)19-12-4-2-8(16)6-10(12)17/h1-6H,(H2,18,19,20). The molecule has 0 aliphatic carbocycles. The second kappa shape index (κ2) is 6.47. The van der Waals surface area contributed by atoms with Crippen molar-refractivity contribution in [1.29, 1.82) is 0 Å². The molecule has 0 amide bonds. The average Bonchev–Trinajstić information content (AvgIpc) is 2.36. The van der Waals surface area contributed by atoms with E-state index in [4.69, 9.17) is 23.8 Å². The summed E-state index contributed by atoms with van der Waals surface area (Å²) in [5, 5.41) is 6.08. The van der Waals surface area contributed by atoms with Crippen molar-refractivity contribution in [3.63, 3.8) is 0 Å². The van der Waals surface area contributed by atoms with Crippen LogP contribution in [0.2, 0.25) is 5.02 Å². The van der Waals surface area contributed by atoms with Crippen LogP contribution in [-0.4, -0.2) is 5.11 Å². The lowest BCUT2D eigenvalue weighted by Gasteiger charge is -2.12. The second-order valence-corrected chi connectivity index (χ2v) is 5.56. The first kappa shape index (κ1) is 15.2. The van der Waals surface area contributed by atoms with Gasteiger partial charge in [-0.3, -0.25) is 0 Å². The Morgan fingerprint density at radius 2 is 1.70 bits per heavy atom. The Balaban J connectivity index is 2.09. The van der Waals surface area contributed by atoms with Crippen LogP contribution in [0.1, 0.15) is 0 Å². The highest BCUT2D eigenvalue weighted by Crippen LogP contribution is 2.26. The molecule has 0 saturated carbocycles. The van der Waals surface area contributed by atoms with Crippen molar-refractivity contribution < 1.29 is 8.78 Å². The average molecular weight is 378 g/mol. The van der Waals surface area contributed by atoms with Crippen molar-refractivity contribution in [3.05, 3.63) is 57.5 Å².